The van der Waals surface area contributed by atoms with E-state index in [2.05, 4.69) is 0 Å². The Labute approximate surface area is 120 Å². The zero-order valence-corrected chi connectivity index (χ0v) is 12.6. The van der Waals surface area contributed by atoms with E-state index in [1.54, 1.807) is 7.11 Å². The largest absolute Gasteiger partial charge is 0.496 e. The molecule has 0 heterocycles. The average Bonchev–Trinajstić information content (AvgIpc) is 2.43. The zero-order valence-electron chi connectivity index (χ0n) is 12.6. The predicted molar refractivity (Wildman–Crippen MR) is 82.9 cm³/mol. The van der Waals surface area contributed by atoms with Crippen molar-refractivity contribution in [1.82, 2.24) is 0 Å². The molecule has 0 saturated heterocycles. The van der Waals surface area contributed by atoms with Gasteiger partial charge < -0.3 is 15.6 Å². The van der Waals surface area contributed by atoms with Crippen LogP contribution in [0.5, 0.6) is 5.75 Å². The third-order valence-electron chi connectivity index (χ3n) is 3.72. The van der Waals surface area contributed by atoms with Gasteiger partial charge in [-0.3, -0.25) is 0 Å². The molecule has 0 aliphatic carbocycles. The molecule has 2 aromatic rings. The highest BCUT2D eigenvalue weighted by molar-refractivity contribution is 5.91. The minimum atomic E-state index is -0.612. The highest BCUT2D eigenvalue weighted by Gasteiger charge is 2.30. The van der Waals surface area contributed by atoms with Crippen molar-refractivity contribution >= 4 is 10.8 Å². The Morgan fingerprint density at radius 1 is 1.05 bits per heavy atom. The molecular formula is C17H23NO2. The maximum Gasteiger partial charge on any atom is 0.126 e. The monoisotopic (exact) mass is 273 g/mol. The molecule has 2 atom stereocenters. The third kappa shape index (κ3) is 2.65. The molecule has 3 nitrogen and oxygen atoms in total. The van der Waals surface area contributed by atoms with E-state index in [4.69, 9.17) is 10.5 Å². The maximum atomic E-state index is 10.4. The van der Waals surface area contributed by atoms with E-state index in [0.717, 1.165) is 22.1 Å². The first kappa shape index (κ1) is 14.8. The number of aliphatic hydroxyl groups is 1. The molecule has 0 aliphatic heterocycles. The van der Waals surface area contributed by atoms with Gasteiger partial charge in [-0.15, -0.1) is 0 Å². The van der Waals surface area contributed by atoms with Crippen molar-refractivity contribution in [3.05, 3.63) is 42.0 Å². The quantitative estimate of drug-likeness (QED) is 0.902. The van der Waals surface area contributed by atoms with Crippen LogP contribution in [-0.2, 0) is 0 Å². The molecule has 3 N–H and O–H groups in total. The molecule has 0 aromatic heterocycles. The lowest BCUT2D eigenvalue weighted by molar-refractivity contribution is 0.0405. The van der Waals surface area contributed by atoms with Crippen LogP contribution in [0, 0.1) is 5.41 Å². The maximum absolute atomic E-state index is 10.4. The first-order valence-corrected chi connectivity index (χ1v) is 6.85. The summed E-state index contributed by atoms with van der Waals surface area (Å²) >= 11 is 0. The molecular weight excluding hydrogens is 250 g/mol. The van der Waals surface area contributed by atoms with Crippen molar-refractivity contribution in [3.63, 3.8) is 0 Å². The number of rotatable bonds is 3. The number of fused-ring (bicyclic) bond motifs is 1. The molecule has 108 valence electrons. The fourth-order valence-corrected chi connectivity index (χ4v) is 2.47. The average molecular weight is 273 g/mol. The molecule has 0 radical (unpaired) electrons. The number of hydrogen-bond acceptors (Lipinski definition) is 3. The number of benzene rings is 2. The Kier molecular flexibility index (Phi) is 4.02. The zero-order chi connectivity index (χ0) is 14.9. The third-order valence-corrected chi connectivity index (χ3v) is 3.72. The molecule has 2 aromatic carbocycles. The van der Waals surface area contributed by atoms with E-state index >= 15 is 0 Å². The van der Waals surface area contributed by atoms with Gasteiger partial charge in [-0.2, -0.15) is 0 Å². The van der Waals surface area contributed by atoms with Gasteiger partial charge in [-0.1, -0.05) is 51.1 Å². The van der Waals surface area contributed by atoms with E-state index in [0.29, 0.717) is 0 Å². The molecule has 2 rings (SSSR count). The van der Waals surface area contributed by atoms with Crippen molar-refractivity contribution in [2.24, 2.45) is 11.1 Å². The minimum absolute atomic E-state index is 0.263. The molecule has 3 heteroatoms. The molecule has 20 heavy (non-hydrogen) atoms. The second kappa shape index (κ2) is 5.43. The summed E-state index contributed by atoms with van der Waals surface area (Å²) in [4.78, 5) is 0. The van der Waals surface area contributed by atoms with Gasteiger partial charge in [0.1, 0.15) is 5.75 Å². The summed E-state index contributed by atoms with van der Waals surface area (Å²) in [6, 6.07) is 11.4. The van der Waals surface area contributed by atoms with Crippen molar-refractivity contribution in [1.29, 1.82) is 0 Å². The Balaban J connectivity index is 2.56. The second-order valence-corrected chi connectivity index (χ2v) is 6.24. The van der Waals surface area contributed by atoms with Gasteiger partial charge in [0.15, 0.2) is 0 Å². The van der Waals surface area contributed by atoms with Gasteiger partial charge in [0.2, 0.25) is 0 Å². The molecule has 0 bridgehead atoms. The lowest BCUT2D eigenvalue weighted by atomic mass is 9.81. The van der Waals surface area contributed by atoms with Crippen molar-refractivity contribution in [2.75, 3.05) is 7.11 Å². The Hall–Kier alpha value is -1.58. The number of aliphatic hydroxyl groups excluding tert-OH is 1. The van der Waals surface area contributed by atoms with Gasteiger partial charge >= 0.3 is 0 Å². The molecule has 0 saturated carbocycles. The standard InChI is InChI=1S/C17H23NO2/c1-17(2,3)16(19)15(18)13-9-10-14(20-4)12-8-6-5-7-11(12)13/h5-10,15-16,19H,18H2,1-4H3/t15-,16-/m1/s1. The Morgan fingerprint density at radius 2 is 1.65 bits per heavy atom. The SMILES string of the molecule is COc1ccc([C@@H](N)[C@@H](O)C(C)(C)C)c2ccccc12. The van der Waals surface area contributed by atoms with Crippen LogP contribution in [0.25, 0.3) is 10.8 Å². The van der Waals surface area contributed by atoms with Crippen LogP contribution in [0.2, 0.25) is 0 Å². The van der Waals surface area contributed by atoms with Crippen molar-refractivity contribution < 1.29 is 9.84 Å². The Bertz CT molecular complexity index is 601. The van der Waals surface area contributed by atoms with Crippen LogP contribution < -0.4 is 10.5 Å². The van der Waals surface area contributed by atoms with Crippen LogP contribution in [0.4, 0.5) is 0 Å². The smallest absolute Gasteiger partial charge is 0.126 e. The molecule has 0 aliphatic rings. The summed E-state index contributed by atoms with van der Waals surface area (Å²) in [6.45, 7) is 5.97. The highest BCUT2D eigenvalue weighted by Crippen LogP contribution is 2.35. The van der Waals surface area contributed by atoms with Crippen molar-refractivity contribution in [3.8, 4) is 5.75 Å². The second-order valence-electron chi connectivity index (χ2n) is 6.24. The summed E-state index contributed by atoms with van der Waals surface area (Å²) in [6.07, 6.45) is -0.612. The normalized spacial score (nSPS) is 15.1. The molecule has 0 fully saturated rings. The first-order valence-electron chi connectivity index (χ1n) is 6.85. The van der Waals surface area contributed by atoms with Crippen molar-refractivity contribution in [2.45, 2.75) is 32.9 Å². The van der Waals surface area contributed by atoms with Gasteiger partial charge in [0, 0.05) is 5.39 Å². The first-order chi connectivity index (χ1) is 9.36. The fourth-order valence-electron chi connectivity index (χ4n) is 2.47. The predicted octanol–water partition coefficient (Wildman–Crippen LogP) is 3.26. The molecule has 0 spiro atoms. The topological polar surface area (TPSA) is 55.5 Å². The number of hydrogen-bond donors (Lipinski definition) is 2. The summed E-state index contributed by atoms with van der Waals surface area (Å²) in [7, 11) is 1.66. The van der Waals surface area contributed by atoms with E-state index in [1.807, 2.05) is 57.2 Å². The summed E-state index contributed by atoms with van der Waals surface area (Å²) in [5.41, 5.74) is 6.98. The van der Waals surface area contributed by atoms with E-state index in [9.17, 15) is 5.11 Å². The van der Waals surface area contributed by atoms with Crippen LogP contribution in [-0.4, -0.2) is 18.3 Å². The number of nitrogens with two attached hydrogens (primary N) is 1. The van der Waals surface area contributed by atoms with Crippen LogP contribution >= 0.6 is 0 Å². The summed E-state index contributed by atoms with van der Waals surface area (Å²) < 4.78 is 5.39. The lowest BCUT2D eigenvalue weighted by Gasteiger charge is -2.31. The lowest BCUT2D eigenvalue weighted by Crippen LogP contribution is -2.37. The van der Waals surface area contributed by atoms with Crippen LogP contribution in [0.3, 0.4) is 0 Å². The van der Waals surface area contributed by atoms with Gasteiger partial charge in [-0.25, -0.2) is 0 Å². The van der Waals surface area contributed by atoms with Crippen LogP contribution in [0.1, 0.15) is 32.4 Å². The van der Waals surface area contributed by atoms with Gasteiger partial charge in [0.25, 0.3) is 0 Å². The summed E-state index contributed by atoms with van der Waals surface area (Å²) in [5.74, 6) is 0.821. The number of ether oxygens (including phenoxy) is 1. The fraction of sp³-hybridized carbons (Fsp3) is 0.412. The van der Waals surface area contributed by atoms with Crippen LogP contribution in [0.15, 0.2) is 36.4 Å². The number of methoxy groups -OCH3 is 1. The van der Waals surface area contributed by atoms with E-state index in [-0.39, 0.29) is 5.41 Å². The molecule has 0 unspecified atom stereocenters. The van der Waals surface area contributed by atoms with Gasteiger partial charge in [0.05, 0.1) is 19.3 Å². The molecule has 0 amide bonds. The van der Waals surface area contributed by atoms with Gasteiger partial charge in [-0.05, 0) is 22.4 Å². The Morgan fingerprint density at radius 3 is 2.20 bits per heavy atom. The summed E-state index contributed by atoms with van der Waals surface area (Å²) in [5, 5.41) is 12.5. The van der Waals surface area contributed by atoms with E-state index in [1.165, 1.54) is 0 Å². The highest BCUT2D eigenvalue weighted by atomic mass is 16.5. The van der Waals surface area contributed by atoms with E-state index < -0.39 is 12.1 Å². The minimum Gasteiger partial charge on any atom is -0.496 e.